The number of anilines is 2. The number of carbonyl (C=O) groups is 1. The number of hydrogen-bond acceptors (Lipinski definition) is 7. The average Bonchev–Trinajstić information content (AvgIpc) is 2.74. The lowest BCUT2D eigenvalue weighted by atomic mass is 10.1. The summed E-state index contributed by atoms with van der Waals surface area (Å²) in [5, 5.41) is 23.6. The molecule has 146 valence electrons. The number of pyridine rings is 1. The third kappa shape index (κ3) is 4.75. The van der Waals surface area contributed by atoms with E-state index in [0.29, 0.717) is 17.1 Å². The van der Waals surface area contributed by atoms with Gasteiger partial charge in [0.1, 0.15) is 11.6 Å². The first-order valence-corrected chi connectivity index (χ1v) is 8.54. The summed E-state index contributed by atoms with van der Waals surface area (Å²) in [5.41, 5.74) is 1.26. The van der Waals surface area contributed by atoms with E-state index in [9.17, 15) is 20.0 Å². The van der Waals surface area contributed by atoms with Crippen LogP contribution in [0.25, 0.3) is 6.08 Å². The molecule has 29 heavy (non-hydrogen) atoms. The molecule has 0 spiro atoms. The number of phenols is 1. The quantitative estimate of drug-likeness (QED) is 0.202. The van der Waals surface area contributed by atoms with Gasteiger partial charge in [0, 0.05) is 29.1 Å². The van der Waals surface area contributed by atoms with E-state index in [1.807, 2.05) is 0 Å². The molecular formula is C21H17N3O5. The average molecular weight is 391 g/mol. The van der Waals surface area contributed by atoms with Gasteiger partial charge >= 0.3 is 5.69 Å². The second kappa shape index (κ2) is 8.66. The maximum atomic E-state index is 12.5. The van der Waals surface area contributed by atoms with Gasteiger partial charge in [0.25, 0.3) is 0 Å². The summed E-state index contributed by atoms with van der Waals surface area (Å²) >= 11 is 0. The van der Waals surface area contributed by atoms with Crippen LogP contribution in [0.1, 0.15) is 15.9 Å². The highest BCUT2D eigenvalue weighted by Gasteiger charge is 2.17. The van der Waals surface area contributed by atoms with E-state index in [1.165, 1.54) is 31.4 Å². The molecule has 3 rings (SSSR count). The summed E-state index contributed by atoms with van der Waals surface area (Å²) < 4.78 is 4.95. The number of nitrogens with one attached hydrogen (secondary N) is 1. The van der Waals surface area contributed by atoms with Crippen LogP contribution < -0.4 is 10.1 Å². The van der Waals surface area contributed by atoms with Crippen molar-refractivity contribution in [2.75, 3.05) is 12.4 Å². The zero-order valence-electron chi connectivity index (χ0n) is 15.4. The number of nitro benzene ring substituents is 1. The molecule has 0 atom stereocenters. The van der Waals surface area contributed by atoms with Crippen LogP contribution in [0.3, 0.4) is 0 Å². The summed E-state index contributed by atoms with van der Waals surface area (Å²) in [5.74, 6) is 0.359. The van der Waals surface area contributed by atoms with Gasteiger partial charge in [-0.25, -0.2) is 4.98 Å². The van der Waals surface area contributed by atoms with Crippen LogP contribution >= 0.6 is 0 Å². The highest BCUT2D eigenvalue weighted by atomic mass is 16.6. The lowest BCUT2D eigenvalue weighted by Gasteiger charge is -2.08. The standard InChI is InChI=1S/C21H17N3O5/c1-29-20-11-5-15(13-18(20)24(27)28)19(26)10-4-14-3-2-12-22-21(14)23-16-6-8-17(25)9-7-16/h2-13,25H,1H3,(H,22,23)/b10-4+. The minimum Gasteiger partial charge on any atom is -0.508 e. The lowest BCUT2D eigenvalue weighted by molar-refractivity contribution is -0.385. The highest BCUT2D eigenvalue weighted by Crippen LogP contribution is 2.28. The number of benzene rings is 2. The van der Waals surface area contributed by atoms with Crippen molar-refractivity contribution in [3.63, 3.8) is 0 Å². The minimum absolute atomic E-state index is 0.0863. The van der Waals surface area contributed by atoms with Gasteiger partial charge in [-0.05, 0) is 60.7 Å². The van der Waals surface area contributed by atoms with Crippen molar-refractivity contribution in [1.82, 2.24) is 4.98 Å². The molecule has 0 amide bonds. The summed E-state index contributed by atoms with van der Waals surface area (Å²) in [6.45, 7) is 0. The Morgan fingerprint density at radius 1 is 1.21 bits per heavy atom. The molecule has 3 aromatic rings. The Hall–Kier alpha value is -4.20. The summed E-state index contributed by atoms with van der Waals surface area (Å²) in [6, 6.07) is 14.0. The Labute approximate surface area is 166 Å². The first-order valence-electron chi connectivity index (χ1n) is 8.54. The van der Waals surface area contributed by atoms with Crippen LogP contribution in [0.4, 0.5) is 17.2 Å². The van der Waals surface area contributed by atoms with Crippen LogP contribution in [0.15, 0.2) is 66.9 Å². The number of aromatic hydroxyl groups is 1. The Morgan fingerprint density at radius 2 is 1.97 bits per heavy atom. The van der Waals surface area contributed by atoms with Crippen molar-refractivity contribution in [3.8, 4) is 11.5 Å². The number of methoxy groups -OCH3 is 1. The van der Waals surface area contributed by atoms with Crippen LogP contribution in [0, 0.1) is 10.1 Å². The molecule has 0 fully saturated rings. The molecule has 0 saturated heterocycles. The molecule has 0 aliphatic heterocycles. The Kier molecular flexibility index (Phi) is 5.84. The predicted molar refractivity (Wildman–Crippen MR) is 109 cm³/mol. The van der Waals surface area contributed by atoms with Crippen molar-refractivity contribution in [3.05, 3.63) is 88.1 Å². The fourth-order valence-corrected chi connectivity index (χ4v) is 2.59. The van der Waals surface area contributed by atoms with Crippen LogP contribution in [0.5, 0.6) is 11.5 Å². The number of phenolic OH excluding ortho intramolecular Hbond substituents is 1. The predicted octanol–water partition coefficient (Wildman–Crippen LogP) is 4.34. The zero-order valence-corrected chi connectivity index (χ0v) is 15.4. The molecule has 0 aliphatic carbocycles. The van der Waals surface area contributed by atoms with E-state index in [-0.39, 0.29) is 22.7 Å². The van der Waals surface area contributed by atoms with Gasteiger partial charge < -0.3 is 15.2 Å². The number of hydrogen-bond donors (Lipinski definition) is 2. The van der Waals surface area contributed by atoms with Gasteiger partial charge in [-0.2, -0.15) is 0 Å². The Balaban J connectivity index is 1.83. The van der Waals surface area contributed by atoms with E-state index in [4.69, 9.17) is 4.74 Å². The second-order valence-corrected chi connectivity index (χ2v) is 5.95. The molecule has 8 nitrogen and oxygen atoms in total. The number of allylic oxidation sites excluding steroid dienone is 1. The van der Waals surface area contributed by atoms with Crippen molar-refractivity contribution < 1.29 is 19.6 Å². The summed E-state index contributed by atoms with van der Waals surface area (Å²) in [6.07, 6.45) is 4.51. The number of aromatic nitrogens is 1. The number of ketones is 1. The van der Waals surface area contributed by atoms with Crippen LogP contribution in [-0.2, 0) is 0 Å². The fourth-order valence-electron chi connectivity index (χ4n) is 2.59. The highest BCUT2D eigenvalue weighted by molar-refractivity contribution is 6.07. The molecule has 2 aromatic carbocycles. The van der Waals surface area contributed by atoms with Crippen LogP contribution in [-0.4, -0.2) is 27.9 Å². The zero-order chi connectivity index (χ0) is 20.8. The second-order valence-electron chi connectivity index (χ2n) is 5.95. The molecule has 8 heteroatoms. The molecule has 0 bridgehead atoms. The van der Waals surface area contributed by atoms with Gasteiger partial charge in [-0.3, -0.25) is 14.9 Å². The first kappa shape index (κ1) is 19.6. The topological polar surface area (TPSA) is 115 Å². The third-order valence-corrected chi connectivity index (χ3v) is 4.04. The SMILES string of the molecule is COc1ccc(C(=O)/C=C/c2cccnc2Nc2ccc(O)cc2)cc1[N+](=O)[O-]. The number of rotatable bonds is 7. The molecular weight excluding hydrogens is 374 g/mol. The van der Waals surface area contributed by atoms with Gasteiger partial charge in [0.2, 0.25) is 0 Å². The van der Waals surface area contributed by atoms with Gasteiger partial charge in [0.15, 0.2) is 11.5 Å². The van der Waals surface area contributed by atoms with E-state index in [2.05, 4.69) is 10.3 Å². The fraction of sp³-hybridized carbons (Fsp3) is 0.0476. The first-order chi connectivity index (χ1) is 14.0. The van der Waals surface area contributed by atoms with E-state index in [1.54, 1.807) is 48.7 Å². The van der Waals surface area contributed by atoms with Crippen molar-refractivity contribution in [2.45, 2.75) is 0 Å². The minimum atomic E-state index is -0.597. The summed E-state index contributed by atoms with van der Waals surface area (Å²) in [7, 11) is 1.33. The molecule has 1 heterocycles. The van der Waals surface area contributed by atoms with Crippen molar-refractivity contribution >= 4 is 29.1 Å². The molecule has 0 radical (unpaired) electrons. The molecule has 2 N–H and O–H groups in total. The van der Waals surface area contributed by atoms with Crippen molar-refractivity contribution in [1.29, 1.82) is 0 Å². The monoisotopic (exact) mass is 391 g/mol. The largest absolute Gasteiger partial charge is 0.508 e. The Bertz CT molecular complexity index is 1080. The summed E-state index contributed by atoms with van der Waals surface area (Å²) in [4.78, 5) is 27.3. The maximum Gasteiger partial charge on any atom is 0.311 e. The van der Waals surface area contributed by atoms with Crippen molar-refractivity contribution in [2.24, 2.45) is 0 Å². The molecule has 0 saturated carbocycles. The smallest absolute Gasteiger partial charge is 0.311 e. The van der Waals surface area contributed by atoms with Gasteiger partial charge in [-0.1, -0.05) is 0 Å². The molecule has 1 aromatic heterocycles. The van der Waals surface area contributed by atoms with Gasteiger partial charge in [0.05, 0.1) is 12.0 Å². The normalized spacial score (nSPS) is 10.7. The number of carbonyl (C=O) groups excluding carboxylic acids is 1. The Morgan fingerprint density at radius 3 is 2.66 bits per heavy atom. The van der Waals surface area contributed by atoms with Crippen LogP contribution in [0.2, 0.25) is 0 Å². The molecule has 0 unspecified atom stereocenters. The molecule has 0 aliphatic rings. The third-order valence-electron chi connectivity index (χ3n) is 4.04. The number of nitro groups is 1. The van der Waals surface area contributed by atoms with Gasteiger partial charge in [-0.15, -0.1) is 0 Å². The number of ether oxygens (including phenoxy) is 1. The van der Waals surface area contributed by atoms with E-state index >= 15 is 0 Å². The van der Waals surface area contributed by atoms with E-state index in [0.717, 1.165) is 0 Å². The number of nitrogens with zero attached hydrogens (tertiary/aromatic N) is 2. The lowest BCUT2D eigenvalue weighted by Crippen LogP contribution is -2.00. The maximum absolute atomic E-state index is 12.5. The van der Waals surface area contributed by atoms with E-state index < -0.39 is 10.7 Å².